The molecule has 4 rings (SSSR count). The van der Waals surface area contributed by atoms with Crippen molar-refractivity contribution in [1.29, 1.82) is 0 Å². The molecule has 0 radical (unpaired) electrons. The molecule has 0 bridgehead atoms. The Kier molecular flexibility index (Phi) is 5.61. The van der Waals surface area contributed by atoms with Gasteiger partial charge in [0.25, 0.3) is 5.91 Å². The van der Waals surface area contributed by atoms with E-state index in [4.69, 9.17) is 9.47 Å². The van der Waals surface area contributed by atoms with Crippen LogP contribution in [0.15, 0.2) is 66.7 Å². The molecular formula is C23H22N4O3. The van der Waals surface area contributed by atoms with Crippen LogP contribution in [-0.4, -0.2) is 34.6 Å². The van der Waals surface area contributed by atoms with Crippen molar-refractivity contribution in [2.24, 2.45) is 0 Å². The van der Waals surface area contributed by atoms with Gasteiger partial charge < -0.3 is 14.8 Å². The Morgan fingerprint density at radius 1 is 0.933 bits per heavy atom. The SMILES string of the molecule is CCc1ccc(OCC(=O)Nc2ccc3nn(-c4ccc(OC)cc4)nc3c2)cc1. The van der Waals surface area contributed by atoms with E-state index in [1.54, 1.807) is 24.0 Å². The Labute approximate surface area is 174 Å². The summed E-state index contributed by atoms with van der Waals surface area (Å²) in [6.45, 7) is 2.03. The summed E-state index contributed by atoms with van der Waals surface area (Å²) in [5.74, 6) is 1.20. The predicted octanol–water partition coefficient (Wildman–Crippen LogP) is 4.01. The zero-order chi connectivity index (χ0) is 20.9. The van der Waals surface area contributed by atoms with Crippen molar-refractivity contribution in [2.75, 3.05) is 19.0 Å². The van der Waals surface area contributed by atoms with Crippen LogP contribution < -0.4 is 14.8 Å². The Balaban J connectivity index is 1.41. The van der Waals surface area contributed by atoms with Crippen LogP contribution in [0.3, 0.4) is 0 Å². The molecule has 0 fully saturated rings. The van der Waals surface area contributed by atoms with Crippen LogP contribution in [-0.2, 0) is 11.2 Å². The Morgan fingerprint density at radius 2 is 1.63 bits per heavy atom. The third-order valence-electron chi connectivity index (χ3n) is 4.67. The molecule has 7 nitrogen and oxygen atoms in total. The molecule has 0 spiro atoms. The van der Waals surface area contributed by atoms with Crippen molar-refractivity contribution in [2.45, 2.75) is 13.3 Å². The minimum atomic E-state index is -0.239. The first kappa shape index (κ1) is 19.4. The van der Waals surface area contributed by atoms with Crippen LogP contribution >= 0.6 is 0 Å². The lowest BCUT2D eigenvalue weighted by molar-refractivity contribution is -0.118. The maximum atomic E-state index is 12.2. The van der Waals surface area contributed by atoms with Gasteiger partial charge in [-0.1, -0.05) is 19.1 Å². The molecule has 0 aliphatic heterocycles. The summed E-state index contributed by atoms with van der Waals surface area (Å²) in [5.41, 5.74) is 4.10. The number of carbonyl (C=O) groups excluding carboxylic acids is 1. The molecular weight excluding hydrogens is 380 g/mol. The zero-order valence-electron chi connectivity index (χ0n) is 16.8. The number of ether oxygens (including phenoxy) is 2. The summed E-state index contributed by atoms with van der Waals surface area (Å²) in [6, 6.07) is 20.6. The first-order valence-electron chi connectivity index (χ1n) is 9.68. The topological polar surface area (TPSA) is 78.3 Å². The van der Waals surface area contributed by atoms with Crippen molar-refractivity contribution >= 4 is 22.6 Å². The predicted molar refractivity (Wildman–Crippen MR) is 115 cm³/mol. The third kappa shape index (κ3) is 4.41. The van der Waals surface area contributed by atoms with Gasteiger partial charge in [0.05, 0.1) is 12.8 Å². The minimum Gasteiger partial charge on any atom is -0.497 e. The van der Waals surface area contributed by atoms with Gasteiger partial charge in [-0.05, 0) is 66.6 Å². The molecule has 0 atom stereocenters. The molecule has 30 heavy (non-hydrogen) atoms. The lowest BCUT2D eigenvalue weighted by Crippen LogP contribution is -2.20. The largest absolute Gasteiger partial charge is 0.497 e. The molecule has 3 aromatic carbocycles. The van der Waals surface area contributed by atoms with Crippen LogP contribution in [0.25, 0.3) is 16.7 Å². The quantitative estimate of drug-likeness (QED) is 0.505. The number of aromatic nitrogens is 3. The monoisotopic (exact) mass is 402 g/mol. The molecule has 1 aromatic heterocycles. The smallest absolute Gasteiger partial charge is 0.262 e. The van der Waals surface area contributed by atoms with Crippen molar-refractivity contribution in [3.05, 3.63) is 72.3 Å². The van der Waals surface area contributed by atoms with Gasteiger partial charge in [-0.2, -0.15) is 4.80 Å². The van der Waals surface area contributed by atoms with Crippen LogP contribution in [0.4, 0.5) is 5.69 Å². The number of nitrogens with one attached hydrogen (secondary N) is 1. The normalized spacial score (nSPS) is 10.7. The van der Waals surface area contributed by atoms with Crippen molar-refractivity contribution in [3.63, 3.8) is 0 Å². The van der Waals surface area contributed by atoms with Gasteiger partial charge in [-0.15, -0.1) is 10.2 Å². The van der Waals surface area contributed by atoms with Gasteiger partial charge in [-0.3, -0.25) is 4.79 Å². The van der Waals surface area contributed by atoms with Crippen molar-refractivity contribution in [3.8, 4) is 17.2 Å². The van der Waals surface area contributed by atoms with E-state index in [-0.39, 0.29) is 12.5 Å². The van der Waals surface area contributed by atoms with Crippen LogP contribution in [0, 0.1) is 0 Å². The number of aryl methyl sites for hydroxylation is 1. The highest BCUT2D eigenvalue weighted by Crippen LogP contribution is 2.19. The number of nitrogens with zero attached hydrogens (tertiary/aromatic N) is 3. The Morgan fingerprint density at radius 3 is 2.33 bits per heavy atom. The van der Waals surface area contributed by atoms with Gasteiger partial charge in [0.1, 0.15) is 22.5 Å². The van der Waals surface area contributed by atoms with Crippen LogP contribution in [0.5, 0.6) is 11.5 Å². The van der Waals surface area contributed by atoms with E-state index in [0.717, 1.165) is 23.4 Å². The van der Waals surface area contributed by atoms with E-state index in [2.05, 4.69) is 22.4 Å². The van der Waals surface area contributed by atoms with E-state index in [0.29, 0.717) is 17.0 Å². The number of amides is 1. The summed E-state index contributed by atoms with van der Waals surface area (Å²) in [6.07, 6.45) is 0.965. The molecule has 1 heterocycles. The average Bonchev–Trinajstić information content (AvgIpc) is 3.21. The number of hydrogen-bond donors (Lipinski definition) is 1. The molecule has 0 aliphatic carbocycles. The number of fused-ring (bicyclic) bond motifs is 1. The number of hydrogen-bond acceptors (Lipinski definition) is 5. The van der Waals surface area contributed by atoms with E-state index >= 15 is 0 Å². The number of rotatable bonds is 7. The summed E-state index contributed by atoms with van der Waals surface area (Å²) in [4.78, 5) is 13.8. The van der Waals surface area contributed by atoms with Gasteiger partial charge in [0, 0.05) is 5.69 Å². The second kappa shape index (κ2) is 8.65. The van der Waals surface area contributed by atoms with Gasteiger partial charge in [-0.25, -0.2) is 0 Å². The molecule has 7 heteroatoms. The number of methoxy groups -OCH3 is 1. The molecule has 1 N–H and O–H groups in total. The fourth-order valence-electron chi connectivity index (χ4n) is 2.99. The second-order valence-corrected chi connectivity index (χ2v) is 6.73. The molecule has 152 valence electrons. The van der Waals surface area contributed by atoms with E-state index < -0.39 is 0 Å². The standard InChI is InChI=1S/C23H22N4O3/c1-3-16-4-9-20(10-5-16)30-15-23(28)24-17-6-13-21-22(14-17)26-27(25-21)18-7-11-19(29-2)12-8-18/h4-14H,3,15H2,1-2H3,(H,24,28). The minimum absolute atomic E-state index is 0.0674. The lowest BCUT2D eigenvalue weighted by Gasteiger charge is -2.08. The highest BCUT2D eigenvalue weighted by Gasteiger charge is 2.09. The summed E-state index contributed by atoms with van der Waals surface area (Å²) >= 11 is 0. The van der Waals surface area contributed by atoms with Crippen molar-refractivity contribution in [1.82, 2.24) is 15.0 Å². The van der Waals surface area contributed by atoms with Gasteiger partial charge in [0.15, 0.2) is 6.61 Å². The maximum Gasteiger partial charge on any atom is 0.262 e. The molecule has 4 aromatic rings. The molecule has 0 saturated carbocycles. The van der Waals surface area contributed by atoms with Gasteiger partial charge in [0.2, 0.25) is 0 Å². The van der Waals surface area contributed by atoms with Gasteiger partial charge >= 0.3 is 0 Å². The highest BCUT2D eigenvalue weighted by atomic mass is 16.5. The summed E-state index contributed by atoms with van der Waals surface area (Å²) in [7, 11) is 1.62. The van der Waals surface area contributed by atoms with E-state index in [1.165, 1.54) is 5.56 Å². The Hall–Kier alpha value is -3.87. The van der Waals surface area contributed by atoms with Crippen LogP contribution in [0.1, 0.15) is 12.5 Å². The molecule has 0 aliphatic rings. The maximum absolute atomic E-state index is 12.2. The summed E-state index contributed by atoms with van der Waals surface area (Å²) in [5, 5.41) is 11.8. The number of benzene rings is 3. The lowest BCUT2D eigenvalue weighted by atomic mass is 10.2. The van der Waals surface area contributed by atoms with Crippen LogP contribution in [0.2, 0.25) is 0 Å². The Bertz CT molecular complexity index is 1150. The van der Waals surface area contributed by atoms with Crippen molar-refractivity contribution < 1.29 is 14.3 Å². The fraction of sp³-hybridized carbons (Fsp3) is 0.174. The third-order valence-corrected chi connectivity index (χ3v) is 4.67. The molecule has 0 unspecified atom stereocenters. The number of carbonyl (C=O) groups is 1. The zero-order valence-corrected chi connectivity index (χ0v) is 16.8. The second-order valence-electron chi connectivity index (χ2n) is 6.73. The number of anilines is 1. The van der Waals surface area contributed by atoms with E-state index in [9.17, 15) is 4.79 Å². The first-order valence-corrected chi connectivity index (χ1v) is 9.68. The average molecular weight is 402 g/mol. The highest BCUT2D eigenvalue weighted by molar-refractivity contribution is 5.93. The summed E-state index contributed by atoms with van der Waals surface area (Å²) < 4.78 is 10.7. The molecule has 0 saturated heterocycles. The first-order chi connectivity index (χ1) is 14.6. The van der Waals surface area contributed by atoms with E-state index in [1.807, 2.05) is 54.6 Å². The molecule has 1 amide bonds. The fourth-order valence-corrected chi connectivity index (χ4v) is 2.99.